The summed E-state index contributed by atoms with van der Waals surface area (Å²) in [6.45, 7) is 2.17. The molecule has 0 aliphatic rings. The van der Waals surface area contributed by atoms with Crippen molar-refractivity contribution in [3.8, 4) is 11.5 Å². The number of benzene rings is 1. The third-order valence-electron chi connectivity index (χ3n) is 3.60. The summed E-state index contributed by atoms with van der Waals surface area (Å²) in [4.78, 5) is 22.2. The highest BCUT2D eigenvalue weighted by atomic mass is 16.6. The molecule has 0 atom stereocenters. The maximum Gasteiger partial charge on any atom is 0.390 e. The summed E-state index contributed by atoms with van der Waals surface area (Å²) >= 11 is 0. The molecule has 0 saturated carbocycles. The molecular formula is C16H20N4O5. The molecule has 1 heterocycles. The van der Waals surface area contributed by atoms with E-state index < -0.39 is 4.92 Å². The summed E-state index contributed by atoms with van der Waals surface area (Å²) in [5.41, 5.74) is 1.29. The predicted molar refractivity (Wildman–Crippen MR) is 91.0 cm³/mol. The Balaban J connectivity index is 1.88. The molecule has 9 nitrogen and oxygen atoms in total. The number of nitro groups is 1. The second kappa shape index (κ2) is 8.13. The molecule has 0 saturated heterocycles. The van der Waals surface area contributed by atoms with Crippen molar-refractivity contribution >= 4 is 17.4 Å². The van der Waals surface area contributed by atoms with Crippen LogP contribution in [0.4, 0.5) is 11.5 Å². The first kappa shape index (κ1) is 18.2. The summed E-state index contributed by atoms with van der Waals surface area (Å²) < 4.78 is 11.9. The lowest BCUT2D eigenvalue weighted by Crippen LogP contribution is -2.13. The van der Waals surface area contributed by atoms with E-state index in [1.54, 1.807) is 25.1 Å². The second-order valence-electron chi connectivity index (χ2n) is 5.35. The molecule has 0 fully saturated rings. The zero-order chi connectivity index (χ0) is 18.4. The summed E-state index contributed by atoms with van der Waals surface area (Å²) in [5, 5.41) is 17.4. The largest absolute Gasteiger partial charge is 0.493 e. The predicted octanol–water partition coefficient (Wildman–Crippen LogP) is 2.54. The van der Waals surface area contributed by atoms with Gasteiger partial charge >= 0.3 is 5.82 Å². The molecule has 25 heavy (non-hydrogen) atoms. The van der Waals surface area contributed by atoms with Crippen molar-refractivity contribution in [3.05, 3.63) is 40.1 Å². The molecule has 1 amide bonds. The minimum Gasteiger partial charge on any atom is -0.493 e. The van der Waals surface area contributed by atoms with Gasteiger partial charge in [0.25, 0.3) is 0 Å². The van der Waals surface area contributed by atoms with Crippen LogP contribution in [0.15, 0.2) is 24.3 Å². The molecule has 1 aromatic carbocycles. The van der Waals surface area contributed by atoms with Crippen molar-refractivity contribution in [2.24, 2.45) is 0 Å². The summed E-state index contributed by atoms with van der Waals surface area (Å²) in [6.07, 6.45) is 0.778. The number of anilines is 1. The minimum atomic E-state index is -0.534. The number of rotatable bonds is 8. The van der Waals surface area contributed by atoms with E-state index in [1.807, 2.05) is 0 Å². The number of carbonyl (C=O) groups is 1. The normalized spacial score (nSPS) is 10.4. The Hall–Kier alpha value is -3.10. The van der Waals surface area contributed by atoms with Crippen LogP contribution in [0.3, 0.4) is 0 Å². The van der Waals surface area contributed by atoms with Gasteiger partial charge in [0, 0.05) is 18.2 Å². The van der Waals surface area contributed by atoms with E-state index in [9.17, 15) is 14.9 Å². The number of aromatic nitrogens is 2. The molecule has 1 aromatic heterocycles. The fourth-order valence-electron chi connectivity index (χ4n) is 2.34. The van der Waals surface area contributed by atoms with Crippen molar-refractivity contribution in [2.75, 3.05) is 19.5 Å². The molecule has 2 rings (SSSR count). The van der Waals surface area contributed by atoms with Crippen molar-refractivity contribution in [3.63, 3.8) is 0 Å². The highest BCUT2D eigenvalue weighted by molar-refractivity contribution is 5.91. The lowest BCUT2D eigenvalue weighted by molar-refractivity contribution is -0.389. The smallest absolute Gasteiger partial charge is 0.390 e. The van der Waals surface area contributed by atoms with Crippen LogP contribution >= 0.6 is 0 Å². The van der Waals surface area contributed by atoms with Crippen LogP contribution in [-0.2, 0) is 11.3 Å². The van der Waals surface area contributed by atoms with E-state index >= 15 is 0 Å². The van der Waals surface area contributed by atoms with E-state index in [4.69, 9.17) is 9.47 Å². The van der Waals surface area contributed by atoms with Crippen molar-refractivity contribution in [1.29, 1.82) is 0 Å². The lowest BCUT2D eigenvalue weighted by Gasteiger charge is -2.10. The third-order valence-corrected chi connectivity index (χ3v) is 3.60. The van der Waals surface area contributed by atoms with Gasteiger partial charge in [-0.1, -0.05) is 0 Å². The average molecular weight is 348 g/mol. The molecule has 134 valence electrons. The van der Waals surface area contributed by atoms with Gasteiger partial charge in [0.05, 0.1) is 37.6 Å². The molecule has 0 aliphatic carbocycles. The molecule has 9 heteroatoms. The van der Waals surface area contributed by atoms with E-state index in [1.165, 1.54) is 25.0 Å². The monoisotopic (exact) mass is 348 g/mol. The number of nitrogens with one attached hydrogen (secondary N) is 1. The first-order chi connectivity index (χ1) is 11.9. The number of amides is 1. The lowest BCUT2D eigenvalue weighted by atomic mass is 10.2. The molecule has 0 radical (unpaired) electrons. The fourth-order valence-corrected chi connectivity index (χ4v) is 2.34. The van der Waals surface area contributed by atoms with Crippen LogP contribution in [0, 0.1) is 17.0 Å². The van der Waals surface area contributed by atoms with Crippen molar-refractivity contribution < 1.29 is 19.2 Å². The van der Waals surface area contributed by atoms with Crippen LogP contribution in [0.25, 0.3) is 0 Å². The van der Waals surface area contributed by atoms with Gasteiger partial charge in [0.1, 0.15) is 0 Å². The van der Waals surface area contributed by atoms with Crippen LogP contribution in [0.5, 0.6) is 11.5 Å². The minimum absolute atomic E-state index is 0.161. The number of hydrogen-bond acceptors (Lipinski definition) is 6. The van der Waals surface area contributed by atoms with E-state index in [0.29, 0.717) is 35.8 Å². The van der Waals surface area contributed by atoms with Crippen LogP contribution in [-0.4, -0.2) is 34.8 Å². The van der Waals surface area contributed by atoms with Crippen LogP contribution < -0.4 is 14.8 Å². The van der Waals surface area contributed by atoms with Crippen molar-refractivity contribution in [1.82, 2.24) is 9.78 Å². The number of nitrogens with zero attached hydrogens (tertiary/aromatic N) is 3. The van der Waals surface area contributed by atoms with Gasteiger partial charge in [0.15, 0.2) is 11.5 Å². The number of carbonyl (C=O) groups excluding carboxylic acids is 1. The van der Waals surface area contributed by atoms with Gasteiger partial charge in [-0.25, -0.2) is 0 Å². The molecule has 2 aromatic rings. The summed E-state index contributed by atoms with van der Waals surface area (Å²) in [6, 6.07) is 6.52. The Morgan fingerprint density at radius 2 is 2.00 bits per heavy atom. The quantitative estimate of drug-likeness (QED) is 0.580. The molecule has 0 unspecified atom stereocenters. The highest BCUT2D eigenvalue weighted by Gasteiger charge is 2.15. The van der Waals surface area contributed by atoms with Gasteiger partial charge in [-0.15, -0.1) is 0 Å². The first-order valence-corrected chi connectivity index (χ1v) is 7.65. The van der Waals surface area contributed by atoms with Gasteiger partial charge in [0.2, 0.25) is 5.91 Å². The van der Waals surface area contributed by atoms with Gasteiger partial charge in [-0.2, -0.15) is 4.68 Å². The Bertz CT molecular complexity index is 772. The van der Waals surface area contributed by atoms with E-state index in [2.05, 4.69) is 10.4 Å². The molecular weight excluding hydrogens is 328 g/mol. The van der Waals surface area contributed by atoms with Crippen molar-refractivity contribution in [2.45, 2.75) is 26.3 Å². The number of aryl methyl sites for hydroxylation is 2. The Morgan fingerprint density at radius 1 is 1.28 bits per heavy atom. The standard InChI is InChI=1S/C16H20N4O5/c1-11-9-15(20(22)23)18-19(11)8-4-5-16(21)17-12-6-7-13(24-2)14(10-12)25-3/h6-7,9-10H,4-5,8H2,1-3H3,(H,17,21). The topological polar surface area (TPSA) is 109 Å². The average Bonchev–Trinajstić information content (AvgIpc) is 2.96. The first-order valence-electron chi connectivity index (χ1n) is 7.65. The van der Waals surface area contributed by atoms with Crippen LogP contribution in [0.2, 0.25) is 0 Å². The summed E-state index contributed by atoms with van der Waals surface area (Å²) in [7, 11) is 3.06. The third kappa shape index (κ3) is 4.69. The SMILES string of the molecule is COc1ccc(NC(=O)CCCn2nc([N+](=O)[O-])cc2C)cc1OC. The molecule has 1 N–H and O–H groups in total. The molecule has 0 aliphatic heterocycles. The van der Waals surface area contributed by atoms with Crippen LogP contribution in [0.1, 0.15) is 18.5 Å². The number of methoxy groups -OCH3 is 2. The Morgan fingerprint density at radius 3 is 2.60 bits per heavy atom. The van der Waals surface area contributed by atoms with E-state index in [-0.39, 0.29) is 18.1 Å². The zero-order valence-corrected chi connectivity index (χ0v) is 14.3. The summed E-state index contributed by atoms with van der Waals surface area (Å²) in [5.74, 6) is 0.759. The molecule has 0 spiro atoms. The second-order valence-corrected chi connectivity index (χ2v) is 5.35. The van der Waals surface area contributed by atoms with Gasteiger partial charge in [-0.3, -0.25) is 4.79 Å². The maximum atomic E-state index is 12.0. The number of ether oxygens (including phenoxy) is 2. The maximum absolute atomic E-state index is 12.0. The van der Waals surface area contributed by atoms with E-state index in [0.717, 1.165) is 0 Å². The van der Waals surface area contributed by atoms with Gasteiger partial charge < -0.3 is 24.9 Å². The number of hydrogen-bond donors (Lipinski definition) is 1. The highest BCUT2D eigenvalue weighted by Crippen LogP contribution is 2.29. The zero-order valence-electron chi connectivity index (χ0n) is 14.3. The molecule has 0 bridgehead atoms. The Kier molecular flexibility index (Phi) is 5.93. The fraction of sp³-hybridized carbons (Fsp3) is 0.375. The van der Waals surface area contributed by atoms with Gasteiger partial charge in [-0.05, 0) is 30.4 Å². The Labute approximate surface area is 144 Å².